The van der Waals surface area contributed by atoms with E-state index >= 15 is 0 Å². The van der Waals surface area contributed by atoms with Gasteiger partial charge in [0.15, 0.2) is 0 Å². The number of nitrogens with one attached hydrogen (secondary N) is 1. The van der Waals surface area contributed by atoms with Crippen LogP contribution in [0.15, 0.2) is 48.9 Å². The van der Waals surface area contributed by atoms with E-state index in [9.17, 15) is 22.8 Å². The highest BCUT2D eigenvalue weighted by Crippen LogP contribution is 2.38. The van der Waals surface area contributed by atoms with Crippen molar-refractivity contribution in [2.24, 2.45) is 0 Å². The first-order valence-electron chi connectivity index (χ1n) is 9.67. The minimum Gasteiger partial charge on any atom is -0.382 e. The topological polar surface area (TPSA) is 89.3 Å². The average molecular weight is 480 g/mol. The number of fused-ring (bicyclic) bond motifs is 1. The SMILES string of the molecule is COC[C@@H]1CN(c2ccc(C(F)(F)F)c(Cl)c2)C(=O)c2c(C(=O)Nc3cccnc3)cnn21. The largest absolute Gasteiger partial charge is 0.417 e. The number of rotatable bonds is 5. The summed E-state index contributed by atoms with van der Waals surface area (Å²) in [4.78, 5) is 31.4. The van der Waals surface area contributed by atoms with Crippen molar-refractivity contribution in [2.45, 2.75) is 12.2 Å². The molecule has 2 amide bonds. The lowest BCUT2D eigenvalue weighted by atomic mass is 10.1. The third kappa shape index (κ3) is 4.41. The maximum absolute atomic E-state index is 13.4. The number of amides is 2. The highest BCUT2D eigenvalue weighted by atomic mass is 35.5. The molecule has 0 saturated carbocycles. The predicted octanol–water partition coefficient (Wildman–Crippen LogP) is 4.05. The highest BCUT2D eigenvalue weighted by molar-refractivity contribution is 6.32. The minimum absolute atomic E-state index is 0.00710. The van der Waals surface area contributed by atoms with Crippen LogP contribution in [0.3, 0.4) is 0 Å². The van der Waals surface area contributed by atoms with Gasteiger partial charge in [0.05, 0.1) is 53.4 Å². The number of benzene rings is 1. The van der Waals surface area contributed by atoms with E-state index in [0.29, 0.717) is 5.69 Å². The van der Waals surface area contributed by atoms with Crippen LogP contribution in [-0.2, 0) is 10.9 Å². The van der Waals surface area contributed by atoms with Crippen LogP contribution in [-0.4, -0.2) is 46.8 Å². The van der Waals surface area contributed by atoms with E-state index in [2.05, 4.69) is 15.4 Å². The maximum Gasteiger partial charge on any atom is 0.417 e. The molecule has 0 saturated heterocycles. The normalized spacial score (nSPS) is 16.0. The van der Waals surface area contributed by atoms with Crippen LogP contribution in [0.5, 0.6) is 0 Å². The van der Waals surface area contributed by atoms with Gasteiger partial charge in [-0.2, -0.15) is 18.3 Å². The van der Waals surface area contributed by atoms with E-state index in [-0.39, 0.29) is 30.1 Å². The lowest BCUT2D eigenvalue weighted by Gasteiger charge is -2.34. The van der Waals surface area contributed by atoms with Crippen LogP contribution in [0.2, 0.25) is 5.02 Å². The van der Waals surface area contributed by atoms with Crippen molar-refractivity contribution in [3.63, 3.8) is 0 Å². The fourth-order valence-electron chi connectivity index (χ4n) is 3.59. The smallest absolute Gasteiger partial charge is 0.382 e. The maximum atomic E-state index is 13.4. The summed E-state index contributed by atoms with van der Waals surface area (Å²) in [6.07, 6.45) is -0.371. The van der Waals surface area contributed by atoms with Gasteiger partial charge in [0.2, 0.25) is 0 Å². The van der Waals surface area contributed by atoms with Crippen molar-refractivity contribution in [1.82, 2.24) is 14.8 Å². The standard InChI is InChI=1S/C21H17ClF3N5O3/c1-33-11-14-10-29(13-4-5-16(17(22)7-13)21(23,24)25)20(32)18-15(9-27-30(14)18)19(31)28-12-3-2-6-26-8-12/h2-9,14H,10-11H2,1H3,(H,28,31)/t14-/m0/s1. The van der Waals surface area contributed by atoms with Crippen molar-refractivity contribution in [2.75, 3.05) is 30.5 Å². The molecule has 0 fully saturated rings. The summed E-state index contributed by atoms with van der Waals surface area (Å²) >= 11 is 5.86. The molecule has 0 bridgehead atoms. The van der Waals surface area contributed by atoms with Crippen LogP contribution in [0.25, 0.3) is 0 Å². The number of halogens is 4. The van der Waals surface area contributed by atoms with E-state index in [1.165, 1.54) is 29.1 Å². The molecule has 1 aromatic carbocycles. The molecule has 172 valence electrons. The minimum atomic E-state index is -4.63. The molecule has 12 heteroatoms. The second kappa shape index (κ2) is 8.83. The molecule has 2 aromatic heterocycles. The van der Waals surface area contributed by atoms with Crippen LogP contribution < -0.4 is 10.2 Å². The summed E-state index contributed by atoms with van der Waals surface area (Å²) < 4.78 is 45.9. The summed E-state index contributed by atoms with van der Waals surface area (Å²) in [5.41, 5.74) is -0.434. The average Bonchev–Trinajstić information content (AvgIpc) is 3.22. The lowest BCUT2D eigenvalue weighted by molar-refractivity contribution is -0.137. The Morgan fingerprint density at radius 2 is 2.09 bits per heavy atom. The number of hydrogen-bond acceptors (Lipinski definition) is 5. The summed E-state index contributed by atoms with van der Waals surface area (Å²) in [6, 6.07) is 5.85. The number of ether oxygens (including phenoxy) is 1. The van der Waals surface area contributed by atoms with Crippen LogP contribution in [0.4, 0.5) is 24.5 Å². The second-order valence-electron chi connectivity index (χ2n) is 7.23. The first kappa shape index (κ1) is 22.7. The number of methoxy groups -OCH3 is 1. The van der Waals surface area contributed by atoms with Gasteiger partial charge in [0, 0.05) is 19.0 Å². The molecule has 1 N–H and O–H groups in total. The van der Waals surface area contributed by atoms with E-state index in [1.54, 1.807) is 18.3 Å². The monoisotopic (exact) mass is 479 g/mol. The Bertz CT molecular complexity index is 1200. The first-order valence-corrected chi connectivity index (χ1v) is 10.0. The molecule has 0 aliphatic carbocycles. The number of hydrogen-bond donors (Lipinski definition) is 1. The van der Waals surface area contributed by atoms with Crippen LogP contribution in [0, 0.1) is 0 Å². The number of carbonyl (C=O) groups excluding carboxylic acids is 2. The summed E-state index contributed by atoms with van der Waals surface area (Å²) in [7, 11) is 1.47. The van der Waals surface area contributed by atoms with Crippen molar-refractivity contribution in [3.8, 4) is 0 Å². The van der Waals surface area contributed by atoms with Crippen molar-refractivity contribution < 1.29 is 27.5 Å². The highest BCUT2D eigenvalue weighted by Gasteiger charge is 2.38. The van der Waals surface area contributed by atoms with Crippen molar-refractivity contribution >= 4 is 34.8 Å². The zero-order valence-electron chi connectivity index (χ0n) is 17.1. The second-order valence-corrected chi connectivity index (χ2v) is 7.64. The number of anilines is 2. The quantitative estimate of drug-likeness (QED) is 0.596. The van der Waals surface area contributed by atoms with E-state index < -0.39 is 34.6 Å². The molecular formula is C21H17ClF3N5O3. The van der Waals surface area contributed by atoms with Crippen molar-refractivity contribution in [1.29, 1.82) is 0 Å². The van der Waals surface area contributed by atoms with Gasteiger partial charge >= 0.3 is 6.18 Å². The molecular weight excluding hydrogens is 463 g/mol. The van der Waals surface area contributed by atoms with Gasteiger partial charge in [-0.15, -0.1) is 0 Å². The summed E-state index contributed by atoms with van der Waals surface area (Å²) in [5.74, 6) is -1.19. The van der Waals surface area contributed by atoms with Gasteiger partial charge < -0.3 is 15.0 Å². The number of carbonyl (C=O) groups is 2. The molecule has 0 radical (unpaired) electrons. The Kier molecular flexibility index (Phi) is 6.09. The van der Waals surface area contributed by atoms with Crippen molar-refractivity contribution in [3.05, 3.63) is 70.8 Å². The summed E-state index contributed by atoms with van der Waals surface area (Å²) in [5, 5.41) is 6.31. The third-order valence-corrected chi connectivity index (χ3v) is 5.39. The van der Waals surface area contributed by atoms with E-state index in [4.69, 9.17) is 16.3 Å². The Morgan fingerprint density at radius 3 is 2.73 bits per heavy atom. The molecule has 33 heavy (non-hydrogen) atoms. The van der Waals surface area contributed by atoms with Gasteiger partial charge in [-0.05, 0) is 30.3 Å². The van der Waals surface area contributed by atoms with Gasteiger partial charge in [-0.1, -0.05) is 11.6 Å². The van der Waals surface area contributed by atoms with Gasteiger partial charge in [-0.3, -0.25) is 19.3 Å². The fraction of sp³-hybridized carbons (Fsp3) is 0.238. The molecule has 4 rings (SSSR count). The Balaban J connectivity index is 1.72. The predicted molar refractivity (Wildman–Crippen MR) is 113 cm³/mol. The van der Waals surface area contributed by atoms with Gasteiger partial charge in [0.25, 0.3) is 11.8 Å². The molecule has 3 aromatic rings. The summed E-state index contributed by atoms with van der Waals surface area (Å²) in [6.45, 7) is 0.212. The zero-order chi connectivity index (χ0) is 23.8. The van der Waals surface area contributed by atoms with Crippen LogP contribution >= 0.6 is 11.6 Å². The fourth-order valence-corrected chi connectivity index (χ4v) is 3.87. The Labute approximate surface area is 190 Å². The van der Waals surface area contributed by atoms with Crippen LogP contribution in [0.1, 0.15) is 32.5 Å². The molecule has 1 aliphatic heterocycles. The Hall–Kier alpha value is -3.44. The lowest BCUT2D eigenvalue weighted by Crippen LogP contribution is -2.45. The molecule has 0 unspecified atom stereocenters. The zero-order valence-corrected chi connectivity index (χ0v) is 17.9. The van der Waals surface area contributed by atoms with E-state index in [0.717, 1.165) is 18.2 Å². The molecule has 0 spiro atoms. The molecule has 1 atom stereocenters. The molecule has 1 aliphatic rings. The molecule has 3 heterocycles. The molecule has 8 nitrogen and oxygen atoms in total. The van der Waals surface area contributed by atoms with Gasteiger partial charge in [-0.25, -0.2) is 0 Å². The number of aromatic nitrogens is 3. The first-order chi connectivity index (χ1) is 15.7. The number of nitrogens with zero attached hydrogens (tertiary/aromatic N) is 4. The Morgan fingerprint density at radius 1 is 1.30 bits per heavy atom. The van der Waals surface area contributed by atoms with E-state index in [1.807, 2.05) is 0 Å². The van der Waals surface area contributed by atoms with Gasteiger partial charge in [0.1, 0.15) is 5.69 Å². The number of alkyl halides is 3. The number of pyridine rings is 1. The third-order valence-electron chi connectivity index (χ3n) is 5.08.